The number of rotatable bonds is 16. The van der Waals surface area contributed by atoms with Crippen LogP contribution < -0.4 is 9.47 Å². The van der Waals surface area contributed by atoms with Crippen LogP contribution in [0.1, 0.15) is 113 Å². The van der Waals surface area contributed by atoms with E-state index in [1.54, 1.807) is 12.1 Å². The Labute approximate surface area is 212 Å². The molecule has 1 aliphatic heterocycles. The quantitative estimate of drug-likeness (QED) is 0.137. The van der Waals surface area contributed by atoms with Gasteiger partial charge < -0.3 is 14.2 Å². The largest absolute Gasteiger partial charge is 0.494 e. The van der Waals surface area contributed by atoms with E-state index in [0.29, 0.717) is 29.9 Å². The molecule has 4 heteroatoms. The van der Waals surface area contributed by atoms with E-state index >= 15 is 0 Å². The van der Waals surface area contributed by atoms with E-state index in [2.05, 4.69) is 26.0 Å². The van der Waals surface area contributed by atoms with Gasteiger partial charge in [-0.25, -0.2) is 4.79 Å². The molecule has 0 amide bonds. The van der Waals surface area contributed by atoms with E-state index in [-0.39, 0.29) is 5.97 Å². The van der Waals surface area contributed by atoms with Gasteiger partial charge in [-0.2, -0.15) is 0 Å². The normalized spacial score (nSPS) is 17.4. The summed E-state index contributed by atoms with van der Waals surface area (Å²) >= 11 is 0. The number of ether oxygens (including phenoxy) is 3. The van der Waals surface area contributed by atoms with Gasteiger partial charge in [-0.3, -0.25) is 0 Å². The van der Waals surface area contributed by atoms with Crippen molar-refractivity contribution in [1.29, 1.82) is 0 Å². The van der Waals surface area contributed by atoms with Crippen molar-refractivity contribution in [2.75, 3.05) is 13.2 Å². The van der Waals surface area contributed by atoms with Crippen molar-refractivity contribution < 1.29 is 19.0 Å². The summed E-state index contributed by atoms with van der Waals surface area (Å²) in [4.78, 5) is 12.6. The van der Waals surface area contributed by atoms with Gasteiger partial charge in [0.25, 0.3) is 0 Å². The van der Waals surface area contributed by atoms with E-state index in [9.17, 15) is 4.79 Å². The topological polar surface area (TPSA) is 44.8 Å². The third-order valence-corrected chi connectivity index (χ3v) is 6.88. The number of esters is 1. The first-order valence-corrected chi connectivity index (χ1v) is 13.9. The van der Waals surface area contributed by atoms with Crippen molar-refractivity contribution in [3.8, 4) is 11.5 Å². The Morgan fingerprint density at radius 3 is 2.14 bits per heavy atom. The lowest BCUT2D eigenvalue weighted by atomic mass is 9.94. The molecule has 1 heterocycles. The molecule has 0 aromatic heterocycles. The zero-order valence-corrected chi connectivity index (χ0v) is 21.8. The first-order valence-electron chi connectivity index (χ1n) is 13.9. The Morgan fingerprint density at radius 1 is 0.800 bits per heavy atom. The summed E-state index contributed by atoms with van der Waals surface area (Å²) in [6.07, 6.45) is 15.2. The summed E-state index contributed by atoms with van der Waals surface area (Å²) in [6, 6.07) is 15.1. The molecule has 2 atom stereocenters. The zero-order valence-electron chi connectivity index (χ0n) is 21.8. The van der Waals surface area contributed by atoms with Crippen LogP contribution in [0.15, 0.2) is 48.5 Å². The maximum absolute atomic E-state index is 12.6. The molecule has 0 spiro atoms. The number of unbranched alkanes of at least 4 members (excludes halogenated alkanes) is 8. The molecule has 192 valence electrons. The first-order chi connectivity index (χ1) is 17.2. The fourth-order valence-electron chi connectivity index (χ4n) is 4.67. The molecule has 1 aliphatic rings. The third kappa shape index (κ3) is 9.68. The highest BCUT2D eigenvalue weighted by molar-refractivity contribution is 5.91. The summed E-state index contributed by atoms with van der Waals surface area (Å²) in [5.41, 5.74) is 1.78. The molecule has 0 N–H and O–H groups in total. The van der Waals surface area contributed by atoms with Crippen molar-refractivity contribution in [2.24, 2.45) is 0 Å². The van der Waals surface area contributed by atoms with Crippen LogP contribution in [-0.4, -0.2) is 25.3 Å². The van der Waals surface area contributed by atoms with E-state index in [4.69, 9.17) is 14.2 Å². The summed E-state index contributed by atoms with van der Waals surface area (Å²) in [7, 11) is 0. The molecular weight excluding hydrogens is 436 g/mol. The third-order valence-electron chi connectivity index (χ3n) is 6.88. The van der Waals surface area contributed by atoms with Gasteiger partial charge in [0.1, 0.15) is 11.5 Å². The molecular formula is C31H44O4. The minimum Gasteiger partial charge on any atom is -0.494 e. The van der Waals surface area contributed by atoms with Crippen molar-refractivity contribution in [3.05, 3.63) is 59.7 Å². The minimum absolute atomic E-state index is 0.350. The Hall–Kier alpha value is -2.33. The van der Waals surface area contributed by atoms with Crippen molar-refractivity contribution in [3.63, 3.8) is 0 Å². The maximum atomic E-state index is 12.6. The van der Waals surface area contributed by atoms with Gasteiger partial charge in [0.2, 0.25) is 0 Å². The van der Waals surface area contributed by atoms with Gasteiger partial charge in [0.15, 0.2) is 0 Å². The summed E-state index contributed by atoms with van der Waals surface area (Å²) < 4.78 is 17.4. The van der Waals surface area contributed by atoms with Crippen LogP contribution >= 0.6 is 0 Å². The lowest BCUT2D eigenvalue weighted by Crippen LogP contribution is -2.08. The molecule has 2 aromatic rings. The Balaban J connectivity index is 1.38. The molecule has 0 saturated carbocycles. The summed E-state index contributed by atoms with van der Waals surface area (Å²) in [5.74, 6) is 1.44. The molecule has 4 nitrogen and oxygen atoms in total. The second-order valence-corrected chi connectivity index (χ2v) is 9.84. The van der Waals surface area contributed by atoms with E-state index in [0.717, 1.165) is 31.6 Å². The summed E-state index contributed by atoms with van der Waals surface area (Å²) in [5, 5.41) is 0. The average molecular weight is 481 g/mol. The standard InChI is InChI=1S/C31H44O4/c1-3-5-7-9-10-12-22-33-28-18-16-26(17-19-28)31(32)35-29-20-14-25(15-21-29)27-23-30(34-24-27)13-11-8-6-4-2/h14-21,27,30H,3-13,22-24H2,1-2H3/t27-,30-/m0/s1. The van der Waals surface area contributed by atoms with E-state index in [1.807, 2.05) is 24.3 Å². The maximum Gasteiger partial charge on any atom is 0.343 e. The lowest BCUT2D eigenvalue weighted by Gasteiger charge is -2.11. The number of carbonyl (C=O) groups is 1. The van der Waals surface area contributed by atoms with Crippen LogP contribution in [0.5, 0.6) is 11.5 Å². The second-order valence-electron chi connectivity index (χ2n) is 9.84. The van der Waals surface area contributed by atoms with Gasteiger partial charge in [0, 0.05) is 5.92 Å². The van der Waals surface area contributed by atoms with Crippen molar-refractivity contribution in [1.82, 2.24) is 0 Å². The van der Waals surface area contributed by atoms with Crippen LogP contribution in [-0.2, 0) is 4.74 Å². The molecule has 0 aliphatic carbocycles. The van der Waals surface area contributed by atoms with Crippen LogP contribution in [0.3, 0.4) is 0 Å². The molecule has 0 unspecified atom stereocenters. The average Bonchev–Trinajstić information content (AvgIpc) is 3.36. The smallest absolute Gasteiger partial charge is 0.343 e. The Kier molecular flexibility index (Phi) is 12.2. The molecule has 2 aromatic carbocycles. The second kappa shape index (κ2) is 15.6. The zero-order chi connectivity index (χ0) is 24.7. The predicted molar refractivity (Wildman–Crippen MR) is 143 cm³/mol. The highest BCUT2D eigenvalue weighted by Crippen LogP contribution is 2.32. The molecule has 0 radical (unpaired) electrons. The van der Waals surface area contributed by atoms with Crippen LogP contribution in [0.4, 0.5) is 0 Å². The highest BCUT2D eigenvalue weighted by Gasteiger charge is 2.26. The number of hydrogen-bond donors (Lipinski definition) is 0. The first kappa shape index (κ1) is 27.3. The van der Waals surface area contributed by atoms with Crippen molar-refractivity contribution in [2.45, 2.75) is 103 Å². The molecule has 1 fully saturated rings. The number of benzene rings is 2. The van der Waals surface area contributed by atoms with Crippen LogP contribution in [0.25, 0.3) is 0 Å². The van der Waals surface area contributed by atoms with E-state index < -0.39 is 0 Å². The molecule has 1 saturated heterocycles. The van der Waals surface area contributed by atoms with Gasteiger partial charge in [0.05, 0.1) is 24.9 Å². The monoisotopic (exact) mass is 480 g/mol. The van der Waals surface area contributed by atoms with Crippen molar-refractivity contribution >= 4 is 5.97 Å². The van der Waals surface area contributed by atoms with Gasteiger partial charge >= 0.3 is 5.97 Å². The fraction of sp³-hybridized carbons (Fsp3) is 0.581. The van der Waals surface area contributed by atoms with Crippen LogP contribution in [0.2, 0.25) is 0 Å². The van der Waals surface area contributed by atoms with Crippen LogP contribution in [0, 0.1) is 0 Å². The van der Waals surface area contributed by atoms with Gasteiger partial charge in [-0.15, -0.1) is 0 Å². The molecule has 35 heavy (non-hydrogen) atoms. The number of carbonyl (C=O) groups excluding carboxylic acids is 1. The Morgan fingerprint density at radius 2 is 1.43 bits per heavy atom. The number of hydrogen-bond acceptors (Lipinski definition) is 4. The Bertz CT molecular complexity index is 843. The highest BCUT2D eigenvalue weighted by atomic mass is 16.5. The van der Waals surface area contributed by atoms with E-state index in [1.165, 1.54) is 63.4 Å². The predicted octanol–water partition coefficient (Wildman–Crippen LogP) is 8.49. The fourth-order valence-corrected chi connectivity index (χ4v) is 4.67. The van der Waals surface area contributed by atoms with Gasteiger partial charge in [-0.1, -0.05) is 83.8 Å². The molecule has 0 bridgehead atoms. The lowest BCUT2D eigenvalue weighted by molar-refractivity contribution is 0.0734. The summed E-state index contributed by atoms with van der Waals surface area (Å²) in [6.45, 7) is 5.97. The SMILES string of the molecule is CCCCCCCCOc1ccc(C(=O)Oc2ccc([C@@H]3CO[C@@H](CCCCCC)C3)cc2)cc1. The van der Waals surface area contributed by atoms with Gasteiger partial charge in [-0.05, 0) is 61.2 Å². The minimum atomic E-state index is -0.350. The molecule has 3 rings (SSSR count).